The summed E-state index contributed by atoms with van der Waals surface area (Å²) >= 11 is 6.16. The fraction of sp³-hybridized carbons (Fsp3) is 0.571. The molecule has 1 aliphatic rings. The van der Waals surface area contributed by atoms with Crippen LogP contribution in [-0.4, -0.2) is 47.1 Å². The average Bonchev–Trinajstić information content (AvgIpc) is 3.03. The Kier molecular flexibility index (Phi) is 4.25. The Balaban J connectivity index is 1.71. The summed E-state index contributed by atoms with van der Waals surface area (Å²) in [5.74, 6) is 1.48. The second kappa shape index (κ2) is 6.19. The number of hydrogen-bond donors (Lipinski definition) is 0. The van der Waals surface area contributed by atoms with Crippen molar-refractivity contribution in [1.82, 2.24) is 19.9 Å². The predicted octanol–water partition coefficient (Wildman–Crippen LogP) is 1.27. The Morgan fingerprint density at radius 1 is 1.35 bits per heavy atom. The molecule has 0 aromatic carbocycles. The SMILES string of the molecule is CN(C)c1noc(C2CCN(c3cnn(C)c(=O)c3Cl)CC2)n1. The Hall–Kier alpha value is -2.09. The summed E-state index contributed by atoms with van der Waals surface area (Å²) in [5.41, 5.74) is 0.409. The third-order valence-corrected chi connectivity index (χ3v) is 4.43. The number of aromatic nitrogens is 4. The van der Waals surface area contributed by atoms with Gasteiger partial charge in [0, 0.05) is 40.2 Å². The molecule has 2 aromatic heterocycles. The van der Waals surface area contributed by atoms with Crippen molar-refractivity contribution in [3.63, 3.8) is 0 Å². The number of rotatable bonds is 3. The van der Waals surface area contributed by atoms with Crippen LogP contribution < -0.4 is 15.4 Å². The predicted molar refractivity (Wildman–Crippen MR) is 87.3 cm³/mol. The van der Waals surface area contributed by atoms with Gasteiger partial charge in [0.05, 0.1) is 11.9 Å². The zero-order chi connectivity index (χ0) is 16.6. The molecule has 0 spiro atoms. The molecule has 0 aliphatic carbocycles. The average molecular weight is 339 g/mol. The quantitative estimate of drug-likeness (QED) is 0.833. The van der Waals surface area contributed by atoms with E-state index in [-0.39, 0.29) is 16.5 Å². The van der Waals surface area contributed by atoms with Gasteiger partial charge in [0.15, 0.2) is 0 Å². The smallest absolute Gasteiger partial charge is 0.287 e. The molecule has 0 saturated carbocycles. The molecule has 1 aliphatic heterocycles. The molecule has 0 radical (unpaired) electrons. The van der Waals surface area contributed by atoms with Crippen molar-refractivity contribution in [2.45, 2.75) is 18.8 Å². The maximum absolute atomic E-state index is 11.9. The van der Waals surface area contributed by atoms with E-state index in [1.807, 2.05) is 19.0 Å². The summed E-state index contributed by atoms with van der Waals surface area (Å²) in [6, 6.07) is 0. The maximum atomic E-state index is 11.9. The first-order valence-electron chi connectivity index (χ1n) is 7.45. The molecular weight excluding hydrogens is 320 g/mol. The maximum Gasteiger partial charge on any atom is 0.287 e. The molecule has 23 heavy (non-hydrogen) atoms. The minimum atomic E-state index is -0.279. The third kappa shape index (κ3) is 3.03. The highest BCUT2D eigenvalue weighted by atomic mass is 35.5. The Morgan fingerprint density at radius 3 is 2.65 bits per heavy atom. The van der Waals surface area contributed by atoms with Crippen molar-refractivity contribution in [3.05, 3.63) is 27.5 Å². The Bertz CT molecular complexity index is 748. The number of anilines is 2. The number of hydrogen-bond acceptors (Lipinski definition) is 7. The van der Waals surface area contributed by atoms with Gasteiger partial charge in [0.25, 0.3) is 11.5 Å². The van der Waals surface area contributed by atoms with E-state index in [0.717, 1.165) is 25.9 Å². The molecule has 3 rings (SSSR count). The summed E-state index contributed by atoms with van der Waals surface area (Å²) in [4.78, 5) is 20.2. The van der Waals surface area contributed by atoms with Crippen LogP contribution in [0.3, 0.4) is 0 Å². The fourth-order valence-electron chi connectivity index (χ4n) is 2.66. The van der Waals surface area contributed by atoms with Gasteiger partial charge in [-0.15, -0.1) is 0 Å². The van der Waals surface area contributed by atoms with Crippen LogP contribution in [0, 0.1) is 0 Å². The van der Waals surface area contributed by atoms with E-state index < -0.39 is 0 Å². The van der Waals surface area contributed by atoms with Crippen LogP contribution in [0.4, 0.5) is 11.6 Å². The van der Waals surface area contributed by atoms with Crippen molar-refractivity contribution in [3.8, 4) is 0 Å². The van der Waals surface area contributed by atoms with Crippen molar-refractivity contribution in [1.29, 1.82) is 0 Å². The summed E-state index contributed by atoms with van der Waals surface area (Å²) < 4.78 is 6.59. The molecule has 8 nitrogen and oxygen atoms in total. The van der Waals surface area contributed by atoms with E-state index in [1.165, 1.54) is 4.68 Å². The van der Waals surface area contributed by atoms with E-state index in [2.05, 4.69) is 20.1 Å². The molecule has 0 bridgehead atoms. The van der Waals surface area contributed by atoms with Gasteiger partial charge in [-0.3, -0.25) is 4.79 Å². The number of halogens is 1. The molecule has 0 unspecified atom stereocenters. The lowest BCUT2D eigenvalue weighted by atomic mass is 9.96. The molecule has 2 aromatic rings. The van der Waals surface area contributed by atoms with Gasteiger partial charge in [-0.1, -0.05) is 11.6 Å². The van der Waals surface area contributed by atoms with Crippen molar-refractivity contribution < 1.29 is 4.52 Å². The molecule has 9 heteroatoms. The topological polar surface area (TPSA) is 80.3 Å². The lowest BCUT2D eigenvalue weighted by molar-refractivity contribution is 0.329. The van der Waals surface area contributed by atoms with Crippen molar-refractivity contribution in [2.24, 2.45) is 7.05 Å². The van der Waals surface area contributed by atoms with Gasteiger partial charge in [-0.05, 0) is 18.0 Å². The molecule has 3 heterocycles. The van der Waals surface area contributed by atoms with E-state index >= 15 is 0 Å². The largest absolute Gasteiger partial charge is 0.369 e. The van der Waals surface area contributed by atoms with Crippen LogP contribution in [0.5, 0.6) is 0 Å². The molecule has 1 saturated heterocycles. The van der Waals surface area contributed by atoms with E-state index in [4.69, 9.17) is 16.1 Å². The highest BCUT2D eigenvalue weighted by Gasteiger charge is 2.27. The van der Waals surface area contributed by atoms with Gasteiger partial charge in [0.2, 0.25) is 5.89 Å². The minimum absolute atomic E-state index is 0.216. The summed E-state index contributed by atoms with van der Waals surface area (Å²) in [6.45, 7) is 1.53. The van der Waals surface area contributed by atoms with Crippen LogP contribution in [0.1, 0.15) is 24.7 Å². The number of piperidine rings is 1. The van der Waals surface area contributed by atoms with E-state index in [9.17, 15) is 4.79 Å². The van der Waals surface area contributed by atoms with Crippen LogP contribution in [0.2, 0.25) is 5.02 Å². The molecule has 0 N–H and O–H groups in total. The lowest BCUT2D eigenvalue weighted by Crippen LogP contribution is -2.35. The summed E-state index contributed by atoms with van der Waals surface area (Å²) in [5, 5.41) is 8.22. The van der Waals surface area contributed by atoms with Crippen LogP contribution in [-0.2, 0) is 7.05 Å². The highest BCUT2D eigenvalue weighted by Crippen LogP contribution is 2.31. The third-order valence-electron chi connectivity index (χ3n) is 4.08. The zero-order valence-corrected chi connectivity index (χ0v) is 14.1. The molecule has 1 fully saturated rings. The van der Waals surface area contributed by atoms with Crippen LogP contribution in [0.25, 0.3) is 0 Å². The summed E-state index contributed by atoms with van der Waals surface area (Å²) in [7, 11) is 5.34. The Morgan fingerprint density at radius 2 is 2.04 bits per heavy atom. The molecular formula is C14H19ClN6O2. The fourth-order valence-corrected chi connectivity index (χ4v) is 2.95. The molecule has 124 valence electrons. The van der Waals surface area contributed by atoms with Crippen LogP contribution >= 0.6 is 11.6 Å². The zero-order valence-electron chi connectivity index (χ0n) is 13.4. The van der Waals surface area contributed by atoms with Crippen molar-refractivity contribution in [2.75, 3.05) is 37.0 Å². The van der Waals surface area contributed by atoms with Gasteiger partial charge >= 0.3 is 0 Å². The molecule has 0 amide bonds. The van der Waals surface area contributed by atoms with Gasteiger partial charge in [0.1, 0.15) is 5.02 Å². The second-order valence-electron chi connectivity index (χ2n) is 5.86. The van der Waals surface area contributed by atoms with E-state index in [1.54, 1.807) is 13.2 Å². The first kappa shape index (κ1) is 15.8. The standard InChI is InChI=1S/C14H19ClN6O2/c1-19(2)14-17-12(23-18-14)9-4-6-21(7-5-9)10-8-16-20(3)13(22)11(10)15/h8-9H,4-7H2,1-3H3. The monoisotopic (exact) mass is 338 g/mol. The van der Waals surface area contributed by atoms with E-state index in [0.29, 0.717) is 17.5 Å². The summed E-state index contributed by atoms with van der Waals surface area (Å²) in [6.07, 6.45) is 3.36. The van der Waals surface area contributed by atoms with Crippen molar-refractivity contribution >= 4 is 23.2 Å². The number of nitrogens with zero attached hydrogens (tertiary/aromatic N) is 6. The normalized spacial score (nSPS) is 15.9. The highest BCUT2D eigenvalue weighted by molar-refractivity contribution is 6.33. The lowest BCUT2D eigenvalue weighted by Gasteiger charge is -2.32. The van der Waals surface area contributed by atoms with Gasteiger partial charge in [-0.2, -0.15) is 10.1 Å². The van der Waals surface area contributed by atoms with Gasteiger partial charge in [-0.25, -0.2) is 4.68 Å². The second-order valence-corrected chi connectivity index (χ2v) is 6.24. The molecule has 0 atom stereocenters. The first-order chi connectivity index (χ1) is 11.0. The van der Waals surface area contributed by atoms with Crippen LogP contribution in [0.15, 0.2) is 15.5 Å². The number of aryl methyl sites for hydroxylation is 1. The first-order valence-corrected chi connectivity index (χ1v) is 7.83. The van der Waals surface area contributed by atoms with Gasteiger partial charge < -0.3 is 14.3 Å². The minimum Gasteiger partial charge on any atom is -0.369 e. The Labute approximate surface area is 138 Å².